The molecule has 2 aliphatic carbocycles. The molecule has 2 rings (SSSR count). The molecule has 0 aromatic heterocycles. The van der Waals surface area contributed by atoms with Gasteiger partial charge in [-0.3, -0.25) is 0 Å². The van der Waals surface area contributed by atoms with Crippen LogP contribution in [-0.4, -0.2) is 29.3 Å². The number of alkyl carbamates (subject to hydrolysis) is 1. The number of aliphatic carboxylic acids is 1. The fraction of sp³-hybridized carbons (Fsp3) is 0.765. The number of nitrogens with one attached hydrogen (secondary N) is 1. The molecule has 5 heteroatoms. The van der Waals surface area contributed by atoms with Gasteiger partial charge in [-0.05, 0) is 56.8 Å². The summed E-state index contributed by atoms with van der Waals surface area (Å²) in [6.07, 6.45) is 9.93. The van der Waals surface area contributed by atoms with Gasteiger partial charge in [-0.2, -0.15) is 0 Å². The quantitative estimate of drug-likeness (QED) is 0.706. The summed E-state index contributed by atoms with van der Waals surface area (Å²) < 4.78 is 5.51. The van der Waals surface area contributed by atoms with Crippen LogP contribution in [0.5, 0.6) is 0 Å². The predicted molar refractivity (Wildman–Crippen MR) is 83.6 cm³/mol. The SMILES string of the molecule is C=CCCC1CCC[C@H]1OC(=O)N[C@H](C(=O)O)C1CCCC1. The lowest BCUT2D eigenvalue weighted by molar-refractivity contribution is -0.140. The van der Waals surface area contributed by atoms with Crippen molar-refractivity contribution < 1.29 is 19.4 Å². The van der Waals surface area contributed by atoms with Crippen LogP contribution >= 0.6 is 0 Å². The standard InChI is InChI=1S/C17H27NO4/c1-2-3-7-12-10-6-11-14(12)22-17(21)18-15(16(19)20)13-8-4-5-9-13/h2,12-15H,1,3-11H2,(H,18,21)(H,19,20)/t12?,14-,15+/m1/s1. The molecule has 0 saturated heterocycles. The van der Waals surface area contributed by atoms with E-state index in [0.29, 0.717) is 5.92 Å². The van der Waals surface area contributed by atoms with Crippen molar-refractivity contribution in [3.63, 3.8) is 0 Å². The van der Waals surface area contributed by atoms with Crippen molar-refractivity contribution in [2.45, 2.75) is 69.9 Å². The van der Waals surface area contributed by atoms with Gasteiger partial charge in [-0.1, -0.05) is 18.9 Å². The molecule has 5 nitrogen and oxygen atoms in total. The van der Waals surface area contributed by atoms with E-state index in [0.717, 1.165) is 57.8 Å². The number of hydrogen-bond donors (Lipinski definition) is 2. The maximum absolute atomic E-state index is 12.1. The molecule has 0 aromatic carbocycles. The van der Waals surface area contributed by atoms with E-state index in [1.165, 1.54) is 0 Å². The zero-order chi connectivity index (χ0) is 15.9. The lowest BCUT2D eigenvalue weighted by Crippen LogP contribution is -2.46. The topological polar surface area (TPSA) is 75.6 Å². The fourth-order valence-electron chi connectivity index (χ4n) is 3.79. The summed E-state index contributed by atoms with van der Waals surface area (Å²) >= 11 is 0. The van der Waals surface area contributed by atoms with Gasteiger partial charge in [-0.25, -0.2) is 9.59 Å². The highest BCUT2D eigenvalue weighted by atomic mass is 16.6. The molecule has 2 fully saturated rings. The van der Waals surface area contributed by atoms with Crippen LogP contribution in [0.4, 0.5) is 4.79 Å². The van der Waals surface area contributed by atoms with Crippen LogP contribution in [0.1, 0.15) is 57.8 Å². The van der Waals surface area contributed by atoms with Gasteiger partial charge in [0.05, 0.1) is 0 Å². The molecule has 22 heavy (non-hydrogen) atoms. The smallest absolute Gasteiger partial charge is 0.408 e. The van der Waals surface area contributed by atoms with E-state index in [1.807, 2.05) is 6.08 Å². The summed E-state index contributed by atoms with van der Waals surface area (Å²) in [5, 5.41) is 11.9. The Balaban J connectivity index is 1.84. The molecule has 124 valence electrons. The molecule has 0 aromatic rings. The first-order chi connectivity index (χ1) is 10.6. The van der Waals surface area contributed by atoms with Crippen LogP contribution in [0.3, 0.4) is 0 Å². The number of rotatable bonds is 7. The third-order valence-corrected chi connectivity index (χ3v) is 5.00. The zero-order valence-electron chi connectivity index (χ0n) is 13.1. The molecule has 0 bridgehead atoms. The van der Waals surface area contributed by atoms with Crippen molar-refractivity contribution in [1.82, 2.24) is 5.32 Å². The van der Waals surface area contributed by atoms with Crippen molar-refractivity contribution in [3.8, 4) is 0 Å². The Labute approximate surface area is 132 Å². The number of amides is 1. The minimum absolute atomic E-state index is 0.0326. The van der Waals surface area contributed by atoms with E-state index in [4.69, 9.17) is 4.74 Å². The van der Waals surface area contributed by atoms with Crippen LogP contribution in [-0.2, 0) is 9.53 Å². The van der Waals surface area contributed by atoms with Crippen molar-refractivity contribution in [2.75, 3.05) is 0 Å². The molecule has 1 unspecified atom stereocenters. The Morgan fingerprint density at radius 2 is 1.95 bits per heavy atom. The fourth-order valence-corrected chi connectivity index (χ4v) is 3.79. The van der Waals surface area contributed by atoms with Crippen LogP contribution in [0.15, 0.2) is 12.7 Å². The van der Waals surface area contributed by atoms with Gasteiger partial charge < -0.3 is 15.2 Å². The van der Waals surface area contributed by atoms with Gasteiger partial charge in [0, 0.05) is 0 Å². The maximum Gasteiger partial charge on any atom is 0.408 e. The van der Waals surface area contributed by atoms with E-state index in [2.05, 4.69) is 11.9 Å². The number of carbonyl (C=O) groups excluding carboxylic acids is 1. The number of ether oxygens (including phenoxy) is 1. The third kappa shape index (κ3) is 4.49. The van der Waals surface area contributed by atoms with Crippen molar-refractivity contribution >= 4 is 12.1 Å². The highest BCUT2D eigenvalue weighted by Crippen LogP contribution is 2.32. The predicted octanol–water partition coefficient (Wildman–Crippen LogP) is 3.49. The van der Waals surface area contributed by atoms with Gasteiger partial charge in [0.15, 0.2) is 0 Å². The second-order valence-corrected chi connectivity index (χ2v) is 6.51. The number of carbonyl (C=O) groups is 2. The molecule has 1 amide bonds. The van der Waals surface area contributed by atoms with Crippen LogP contribution in [0.25, 0.3) is 0 Å². The van der Waals surface area contributed by atoms with Gasteiger partial charge in [0.2, 0.25) is 0 Å². The Hall–Kier alpha value is -1.52. The monoisotopic (exact) mass is 309 g/mol. The summed E-state index contributed by atoms with van der Waals surface area (Å²) in [5.41, 5.74) is 0. The van der Waals surface area contributed by atoms with E-state index >= 15 is 0 Å². The van der Waals surface area contributed by atoms with E-state index in [-0.39, 0.29) is 12.0 Å². The number of carboxylic acid groups (broad SMARTS) is 1. The summed E-state index contributed by atoms with van der Waals surface area (Å²) in [7, 11) is 0. The Kier molecular flexibility index (Phi) is 6.28. The Morgan fingerprint density at radius 3 is 2.59 bits per heavy atom. The largest absolute Gasteiger partial charge is 0.480 e. The molecular weight excluding hydrogens is 282 g/mol. The molecule has 0 radical (unpaired) electrons. The lowest BCUT2D eigenvalue weighted by Gasteiger charge is -2.24. The third-order valence-electron chi connectivity index (χ3n) is 5.00. The number of carboxylic acids is 1. The van der Waals surface area contributed by atoms with Crippen molar-refractivity contribution in [2.24, 2.45) is 11.8 Å². The molecule has 3 atom stereocenters. The second-order valence-electron chi connectivity index (χ2n) is 6.51. The first-order valence-electron chi connectivity index (χ1n) is 8.42. The zero-order valence-corrected chi connectivity index (χ0v) is 13.1. The average molecular weight is 309 g/mol. The van der Waals surface area contributed by atoms with E-state index in [1.54, 1.807) is 0 Å². The normalized spacial score (nSPS) is 26.5. The first-order valence-corrected chi connectivity index (χ1v) is 8.42. The molecule has 2 aliphatic rings. The Morgan fingerprint density at radius 1 is 1.23 bits per heavy atom. The molecule has 0 spiro atoms. The summed E-state index contributed by atoms with van der Waals surface area (Å²) in [4.78, 5) is 23.5. The maximum atomic E-state index is 12.1. The van der Waals surface area contributed by atoms with Crippen LogP contribution in [0, 0.1) is 11.8 Å². The van der Waals surface area contributed by atoms with Gasteiger partial charge >= 0.3 is 12.1 Å². The first kappa shape index (κ1) is 16.8. The molecule has 0 aliphatic heterocycles. The minimum Gasteiger partial charge on any atom is -0.480 e. The van der Waals surface area contributed by atoms with Crippen LogP contribution in [0.2, 0.25) is 0 Å². The summed E-state index contributed by atoms with van der Waals surface area (Å²) in [5.74, 6) is -0.554. The van der Waals surface area contributed by atoms with Gasteiger partial charge in [0.25, 0.3) is 0 Å². The average Bonchev–Trinajstić information content (AvgIpc) is 3.14. The highest BCUT2D eigenvalue weighted by molar-refractivity contribution is 5.80. The molecule has 2 N–H and O–H groups in total. The highest BCUT2D eigenvalue weighted by Gasteiger charge is 2.34. The lowest BCUT2D eigenvalue weighted by atomic mass is 9.98. The van der Waals surface area contributed by atoms with E-state index in [9.17, 15) is 14.7 Å². The van der Waals surface area contributed by atoms with Crippen molar-refractivity contribution in [1.29, 1.82) is 0 Å². The minimum atomic E-state index is -0.960. The summed E-state index contributed by atoms with van der Waals surface area (Å²) in [6, 6.07) is -0.817. The molecule has 0 heterocycles. The van der Waals surface area contributed by atoms with E-state index < -0.39 is 18.1 Å². The number of allylic oxidation sites excluding steroid dienone is 1. The van der Waals surface area contributed by atoms with Gasteiger partial charge in [0.1, 0.15) is 12.1 Å². The Bertz CT molecular complexity index is 403. The van der Waals surface area contributed by atoms with Gasteiger partial charge in [-0.15, -0.1) is 6.58 Å². The van der Waals surface area contributed by atoms with Crippen molar-refractivity contribution in [3.05, 3.63) is 12.7 Å². The number of hydrogen-bond acceptors (Lipinski definition) is 3. The summed E-state index contributed by atoms with van der Waals surface area (Å²) in [6.45, 7) is 3.73. The molecule has 2 saturated carbocycles. The van der Waals surface area contributed by atoms with Crippen LogP contribution < -0.4 is 5.32 Å². The second kappa shape index (κ2) is 8.20. The molecular formula is C17H27NO4.